The monoisotopic (exact) mass is 1270 g/mol. The number of amides is 10. The van der Waals surface area contributed by atoms with E-state index in [4.69, 9.17) is 31.4 Å². The lowest BCUT2D eigenvalue weighted by molar-refractivity contribution is -0.136. The van der Waals surface area contributed by atoms with Gasteiger partial charge in [-0.05, 0) is 62.1 Å². The minimum absolute atomic E-state index is 0.00516. The second kappa shape index (κ2) is 35.7. The molecule has 9 atom stereocenters. The highest BCUT2D eigenvalue weighted by Crippen LogP contribution is 2.33. The number of nitrogens with one attached hydrogen (secondary N) is 9. The maximum atomic E-state index is 14.8. The number of aromatic nitrogens is 4. The lowest BCUT2D eigenvalue weighted by atomic mass is 10.0. The molecule has 2 aromatic heterocycles. The molecular formula is C59H85N17O13S. The van der Waals surface area contributed by atoms with E-state index in [-0.39, 0.29) is 120 Å². The van der Waals surface area contributed by atoms with Gasteiger partial charge in [-0.3, -0.25) is 48.0 Å². The van der Waals surface area contributed by atoms with Gasteiger partial charge in [0, 0.05) is 86.7 Å². The number of ether oxygens (including phenoxy) is 3. The highest BCUT2D eigenvalue weighted by molar-refractivity contribution is 8.00. The molecule has 30 nitrogen and oxygen atoms in total. The molecule has 31 heteroatoms. The fourth-order valence-electron chi connectivity index (χ4n) is 10.7. The minimum Gasteiger partial charge on any atom is -0.394 e. The lowest BCUT2D eigenvalue weighted by Gasteiger charge is -2.27. The molecule has 10 amide bonds. The maximum absolute atomic E-state index is 14.8. The molecule has 3 aliphatic rings. The van der Waals surface area contributed by atoms with Gasteiger partial charge in [0.2, 0.25) is 47.3 Å². The van der Waals surface area contributed by atoms with Crippen molar-refractivity contribution in [2.45, 2.75) is 137 Å². The Kier molecular flexibility index (Phi) is 27.4. The number of carbonyl (C=O) groups excluding carboxylic acids is 9. The normalized spacial score (nSPS) is 22.9. The van der Waals surface area contributed by atoms with E-state index in [0.717, 1.165) is 35.9 Å². The van der Waals surface area contributed by atoms with E-state index in [9.17, 15) is 48.3 Å². The van der Waals surface area contributed by atoms with E-state index >= 15 is 0 Å². The van der Waals surface area contributed by atoms with Gasteiger partial charge in [0.1, 0.15) is 42.9 Å². The van der Waals surface area contributed by atoms with Crippen molar-refractivity contribution in [2.75, 3.05) is 65.1 Å². The number of hydrogen-bond donors (Lipinski definition) is 13. The number of nitrogens with two attached hydrogens (primary N) is 3. The van der Waals surface area contributed by atoms with Crippen LogP contribution in [0.3, 0.4) is 0 Å². The first-order valence-corrected chi connectivity index (χ1v) is 31.4. The number of hydrogen-bond acceptors (Lipinski definition) is 17. The zero-order valence-corrected chi connectivity index (χ0v) is 51.3. The van der Waals surface area contributed by atoms with Crippen molar-refractivity contribution in [3.63, 3.8) is 0 Å². The number of unbranched alkanes of at least 4 members (excludes halogenated alkanes) is 1. The summed E-state index contributed by atoms with van der Waals surface area (Å²) in [5.74, 6) is -5.18. The number of thioether (sulfide) groups is 1. The Morgan fingerprint density at radius 2 is 1.40 bits per heavy atom. The molecule has 0 aliphatic carbocycles. The quantitative estimate of drug-likeness (QED) is 0.0125. The van der Waals surface area contributed by atoms with Gasteiger partial charge in [-0.2, -0.15) is 11.8 Å². The van der Waals surface area contributed by atoms with Crippen LogP contribution in [-0.4, -0.2) is 203 Å². The fourth-order valence-corrected chi connectivity index (χ4v) is 12.3. The Hall–Kier alpha value is -8.39. The van der Waals surface area contributed by atoms with Crippen LogP contribution in [0.5, 0.6) is 0 Å². The predicted molar refractivity (Wildman–Crippen MR) is 332 cm³/mol. The molecular weight excluding hydrogens is 1190 g/mol. The van der Waals surface area contributed by atoms with Crippen molar-refractivity contribution in [3.8, 4) is 0 Å². The fraction of sp³-hybridized carbons (Fsp3) is 0.559. The highest BCUT2D eigenvalue weighted by atomic mass is 32.2. The average molecular weight is 1270 g/mol. The molecule has 2 saturated heterocycles. The molecule has 0 radical (unpaired) electrons. The standard InChI is InChI=1S/C59H85N17O13S/c1-75-31-37(39-14-5-6-17-47(39)75)29-43-55(83)70-45(33-77)57(85)66-40(52(60)80)15-9-10-22-76-32-38(73-74-76)30-44(56(84)68-42(28-36-12-3-2-4-13-36)54(82)67-41(53(81)69-43)16-11-20-64-58(61)62)65-50(79)34-89-27-26-88-25-24-87-23-21-63-49(78)19-8-7-18-48-51-46(35-90-48)71-59(86)72-51/h2-6,12-14,17,31-32,40-46,48,51,77H,7-11,15-16,18-30,33-35H2,1H3,(H2,60,80)(H,63,78)(H,65,79)(H,66,85)(H,67,82)(H,68,84)(H,69,81)(H,70,83)(H4,61,62,64)(H2,71,72,86)/t40-,41+,42+,43-,44-,45+,46-,48-,51-/m0/s1. The summed E-state index contributed by atoms with van der Waals surface area (Å²) < 4.78 is 20.1. The summed E-state index contributed by atoms with van der Waals surface area (Å²) in [5, 5.41) is 44.9. The van der Waals surface area contributed by atoms with Crippen molar-refractivity contribution in [2.24, 2.45) is 29.2 Å². The maximum Gasteiger partial charge on any atom is 0.315 e. The van der Waals surface area contributed by atoms with E-state index in [0.29, 0.717) is 42.2 Å². The zero-order valence-electron chi connectivity index (χ0n) is 50.5. The Morgan fingerprint density at radius 1 is 0.722 bits per heavy atom. The molecule has 2 aromatic carbocycles. The number of rotatable bonds is 27. The summed E-state index contributed by atoms with van der Waals surface area (Å²) in [6.45, 7) is 0.126. The number of benzene rings is 2. The van der Waals surface area contributed by atoms with Crippen LogP contribution in [0.1, 0.15) is 74.6 Å². The SMILES string of the molecule is Cn1cc(C[C@@H]2NC(=O)[C@@H](CCCN=C(N)N)NC(=O)[C@@H](Cc3ccccc3)NC(=O)[C@@H](NC(=O)COCCOCCOCCNC(=O)CCCC[C@@H]3SC[C@@H]4NC(=O)N[C@@H]43)Cc3cn(nn3)CCCC[C@@H](C(N)=O)NC(=O)[C@@H](CO)NC2=O)c2ccccc21. The number of urea groups is 1. The first-order valence-electron chi connectivity index (χ1n) is 30.4. The predicted octanol–water partition coefficient (Wildman–Crippen LogP) is -2.69. The summed E-state index contributed by atoms with van der Waals surface area (Å²) >= 11 is 1.85. The van der Waals surface area contributed by atoms with Crippen LogP contribution in [0.4, 0.5) is 4.79 Å². The van der Waals surface area contributed by atoms with Gasteiger partial charge in [-0.1, -0.05) is 60.2 Å². The number of para-hydroxylation sites is 1. The van der Waals surface area contributed by atoms with Crippen LogP contribution in [0.15, 0.2) is 72.0 Å². The molecule has 3 aliphatic heterocycles. The first-order chi connectivity index (χ1) is 43.4. The number of primary amides is 1. The van der Waals surface area contributed by atoms with Gasteiger partial charge in [-0.25, -0.2) is 4.79 Å². The summed E-state index contributed by atoms with van der Waals surface area (Å²) in [7, 11) is 1.81. The first kappa shape index (κ1) is 69.1. The van der Waals surface area contributed by atoms with Crippen LogP contribution in [-0.2, 0) is 85.4 Å². The van der Waals surface area contributed by atoms with Gasteiger partial charge in [0.15, 0.2) is 5.96 Å². The second-order valence-electron chi connectivity index (χ2n) is 22.3. The van der Waals surface area contributed by atoms with Crippen molar-refractivity contribution in [1.29, 1.82) is 0 Å². The number of fused-ring (bicyclic) bond motifs is 4. The third-order valence-electron chi connectivity index (χ3n) is 15.4. The average Bonchev–Trinajstić information content (AvgIpc) is 2.17. The van der Waals surface area contributed by atoms with Gasteiger partial charge in [0.25, 0.3) is 0 Å². The number of guanidine groups is 1. The Labute approximate surface area is 525 Å². The topological polar surface area (TPSA) is 436 Å². The number of aryl methyl sites for hydroxylation is 2. The van der Waals surface area contributed by atoms with E-state index in [1.165, 1.54) is 4.68 Å². The van der Waals surface area contributed by atoms with Crippen LogP contribution in [0.25, 0.3) is 10.9 Å². The van der Waals surface area contributed by atoms with Gasteiger partial charge in [-0.15, -0.1) is 5.10 Å². The summed E-state index contributed by atoms with van der Waals surface area (Å²) in [6.07, 6.45) is 6.78. The molecule has 0 spiro atoms. The molecule has 16 N–H and O–H groups in total. The van der Waals surface area contributed by atoms with Crippen molar-refractivity contribution >= 4 is 81.9 Å². The van der Waals surface area contributed by atoms with Crippen LogP contribution in [0, 0.1) is 0 Å². The van der Waals surface area contributed by atoms with E-state index < -0.39 is 90.8 Å². The van der Waals surface area contributed by atoms with Gasteiger partial charge < -0.3 is 88.9 Å². The van der Waals surface area contributed by atoms with E-state index in [2.05, 4.69) is 63.2 Å². The van der Waals surface area contributed by atoms with Crippen molar-refractivity contribution < 1.29 is 62.5 Å². The summed E-state index contributed by atoms with van der Waals surface area (Å²) in [6, 6.07) is 7.97. The van der Waals surface area contributed by atoms with Gasteiger partial charge in [0.05, 0.1) is 57.4 Å². The molecule has 90 heavy (non-hydrogen) atoms. The Morgan fingerprint density at radius 3 is 2.16 bits per heavy atom. The summed E-state index contributed by atoms with van der Waals surface area (Å²) in [4.78, 5) is 127. The number of nitrogens with zero attached hydrogens (tertiary/aromatic N) is 5. The molecule has 0 saturated carbocycles. The molecule has 0 unspecified atom stereocenters. The number of carbonyl (C=O) groups is 9. The lowest BCUT2D eigenvalue weighted by Crippen LogP contribution is -2.60. The largest absolute Gasteiger partial charge is 0.394 e. The molecule has 7 rings (SSSR count). The number of aliphatic hydroxyl groups is 1. The molecule has 4 aromatic rings. The van der Waals surface area contributed by atoms with Gasteiger partial charge >= 0.3 is 6.03 Å². The molecule has 5 heterocycles. The third-order valence-corrected chi connectivity index (χ3v) is 16.9. The summed E-state index contributed by atoms with van der Waals surface area (Å²) in [5.41, 5.74) is 19.3. The second-order valence-corrected chi connectivity index (χ2v) is 23.6. The Balaban J connectivity index is 1.00. The molecule has 2 fully saturated rings. The Bertz CT molecular complexity index is 3090. The minimum atomic E-state index is -1.60. The van der Waals surface area contributed by atoms with Crippen LogP contribution in [0.2, 0.25) is 0 Å². The van der Waals surface area contributed by atoms with E-state index in [1.807, 2.05) is 47.6 Å². The third kappa shape index (κ3) is 22.0. The van der Waals surface area contributed by atoms with Crippen molar-refractivity contribution in [3.05, 3.63) is 83.8 Å². The molecule has 2 bridgehead atoms. The van der Waals surface area contributed by atoms with Crippen LogP contribution >= 0.6 is 11.8 Å². The molecule has 490 valence electrons. The number of aliphatic hydroxyl groups excluding tert-OH is 1. The number of aliphatic imine (C=N–C) groups is 1. The van der Waals surface area contributed by atoms with Crippen molar-refractivity contribution in [1.82, 2.24) is 67.4 Å². The zero-order chi connectivity index (χ0) is 64.4. The smallest absolute Gasteiger partial charge is 0.315 e. The van der Waals surface area contributed by atoms with Crippen LogP contribution < -0.4 is 65.1 Å². The highest BCUT2D eigenvalue weighted by Gasteiger charge is 2.43. The van der Waals surface area contributed by atoms with E-state index in [1.54, 1.807) is 42.7 Å².